The summed E-state index contributed by atoms with van der Waals surface area (Å²) in [6.45, 7) is 0. The van der Waals surface area contributed by atoms with Crippen LogP contribution in [0.25, 0.3) is 21.7 Å². The predicted octanol–water partition coefficient (Wildman–Crippen LogP) is 2.61. The molecule has 0 unspecified atom stereocenters. The maximum absolute atomic E-state index is 10.8. The molecule has 0 saturated heterocycles. The van der Waals surface area contributed by atoms with Gasteiger partial charge in [-0.15, -0.1) is 0 Å². The Balaban J connectivity index is 2.21. The van der Waals surface area contributed by atoms with E-state index in [2.05, 4.69) is 12.1 Å². The Morgan fingerprint density at radius 1 is 1.06 bits per heavy atom. The second kappa shape index (κ2) is 3.63. The van der Waals surface area contributed by atoms with Gasteiger partial charge in [0.1, 0.15) is 11.3 Å². The molecule has 3 heteroatoms. The minimum atomic E-state index is -0.381. The molecule has 17 heavy (non-hydrogen) atoms. The van der Waals surface area contributed by atoms with Crippen LogP contribution in [0.15, 0.2) is 46.9 Å². The Kier molecular flexibility index (Phi) is 2.11. The van der Waals surface area contributed by atoms with E-state index in [-0.39, 0.29) is 12.3 Å². The number of primary amides is 1. The van der Waals surface area contributed by atoms with Crippen molar-refractivity contribution in [2.75, 3.05) is 0 Å². The third-order valence-electron chi connectivity index (χ3n) is 2.78. The Hall–Kier alpha value is -2.29. The molecule has 0 spiro atoms. The van der Waals surface area contributed by atoms with E-state index < -0.39 is 0 Å². The van der Waals surface area contributed by atoms with Gasteiger partial charge in [-0.3, -0.25) is 4.79 Å². The normalized spacial score (nSPS) is 11.1. The molecule has 0 fully saturated rings. The van der Waals surface area contributed by atoms with Gasteiger partial charge >= 0.3 is 0 Å². The molecule has 3 aromatic rings. The quantitative estimate of drug-likeness (QED) is 0.728. The molecule has 1 heterocycles. The first-order valence-electron chi connectivity index (χ1n) is 5.42. The van der Waals surface area contributed by atoms with Gasteiger partial charge in [0, 0.05) is 5.39 Å². The molecule has 84 valence electrons. The van der Waals surface area contributed by atoms with Crippen LogP contribution in [0.2, 0.25) is 0 Å². The summed E-state index contributed by atoms with van der Waals surface area (Å²) in [5.41, 5.74) is 5.94. The van der Waals surface area contributed by atoms with E-state index >= 15 is 0 Å². The number of hydrogen-bond donors (Lipinski definition) is 1. The standard InChI is InChI=1S/C14H11NO2/c15-14(16)8-12-6-11-5-9-3-1-2-4-10(9)7-13(11)17-12/h1-7H,8H2,(H2,15,16). The minimum absolute atomic E-state index is 0.144. The van der Waals surface area contributed by atoms with Gasteiger partial charge < -0.3 is 10.2 Å². The molecule has 0 radical (unpaired) electrons. The number of carbonyl (C=O) groups is 1. The van der Waals surface area contributed by atoms with E-state index in [1.54, 1.807) is 0 Å². The van der Waals surface area contributed by atoms with E-state index in [0.29, 0.717) is 5.76 Å². The van der Waals surface area contributed by atoms with Crippen molar-refractivity contribution >= 4 is 27.6 Å². The molecular weight excluding hydrogens is 214 g/mol. The molecule has 0 bridgehead atoms. The highest BCUT2D eigenvalue weighted by Gasteiger charge is 2.07. The van der Waals surface area contributed by atoms with Crippen molar-refractivity contribution < 1.29 is 9.21 Å². The third-order valence-corrected chi connectivity index (χ3v) is 2.78. The van der Waals surface area contributed by atoms with Crippen molar-refractivity contribution in [3.8, 4) is 0 Å². The molecule has 2 N–H and O–H groups in total. The van der Waals surface area contributed by atoms with Gasteiger partial charge in [0.15, 0.2) is 0 Å². The van der Waals surface area contributed by atoms with Crippen molar-refractivity contribution in [1.82, 2.24) is 0 Å². The summed E-state index contributed by atoms with van der Waals surface area (Å²) in [5.74, 6) is 0.233. The number of furan rings is 1. The molecule has 1 aromatic heterocycles. The van der Waals surface area contributed by atoms with Crippen LogP contribution in [0.5, 0.6) is 0 Å². The fraction of sp³-hybridized carbons (Fsp3) is 0.0714. The molecule has 2 aromatic carbocycles. The zero-order valence-electron chi connectivity index (χ0n) is 9.14. The monoisotopic (exact) mass is 225 g/mol. The van der Waals surface area contributed by atoms with Gasteiger partial charge in [0.25, 0.3) is 0 Å². The maximum Gasteiger partial charge on any atom is 0.225 e. The lowest BCUT2D eigenvalue weighted by atomic mass is 10.1. The number of hydrogen-bond acceptors (Lipinski definition) is 2. The van der Waals surface area contributed by atoms with Gasteiger partial charge in [-0.25, -0.2) is 0 Å². The Morgan fingerprint density at radius 2 is 1.76 bits per heavy atom. The lowest BCUT2D eigenvalue weighted by Crippen LogP contribution is -2.12. The van der Waals surface area contributed by atoms with E-state index in [0.717, 1.165) is 21.7 Å². The predicted molar refractivity (Wildman–Crippen MR) is 66.6 cm³/mol. The first-order valence-corrected chi connectivity index (χ1v) is 5.42. The summed E-state index contributed by atoms with van der Waals surface area (Å²) in [5, 5.41) is 3.28. The van der Waals surface area contributed by atoms with Gasteiger partial charge in [0.2, 0.25) is 5.91 Å². The third kappa shape index (κ3) is 1.76. The van der Waals surface area contributed by atoms with Crippen LogP contribution in [-0.4, -0.2) is 5.91 Å². The molecule has 3 rings (SSSR count). The van der Waals surface area contributed by atoms with Crippen LogP contribution in [0.4, 0.5) is 0 Å². The highest BCUT2D eigenvalue weighted by molar-refractivity contribution is 5.96. The van der Waals surface area contributed by atoms with Crippen molar-refractivity contribution in [2.24, 2.45) is 5.73 Å². The summed E-state index contributed by atoms with van der Waals surface area (Å²) in [7, 11) is 0. The van der Waals surface area contributed by atoms with Gasteiger partial charge in [-0.1, -0.05) is 24.3 Å². The minimum Gasteiger partial charge on any atom is -0.461 e. The van der Waals surface area contributed by atoms with E-state index in [9.17, 15) is 4.79 Å². The Bertz CT molecular complexity index is 660. The Morgan fingerprint density at radius 3 is 2.47 bits per heavy atom. The fourth-order valence-electron chi connectivity index (χ4n) is 2.04. The number of rotatable bonds is 2. The maximum atomic E-state index is 10.8. The van der Waals surface area contributed by atoms with Crippen LogP contribution in [0, 0.1) is 0 Å². The smallest absolute Gasteiger partial charge is 0.225 e. The summed E-state index contributed by atoms with van der Waals surface area (Å²) in [4.78, 5) is 10.8. The highest BCUT2D eigenvalue weighted by atomic mass is 16.3. The summed E-state index contributed by atoms with van der Waals surface area (Å²) >= 11 is 0. The topological polar surface area (TPSA) is 56.2 Å². The van der Waals surface area contributed by atoms with E-state index in [4.69, 9.17) is 10.2 Å². The summed E-state index contributed by atoms with van der Waals surface area (Å²) in [6, 6.07) is 14.0. The zero-order chi connectivity index (χ0) is 11.8. The van der Waals surface area contributed by atoms with E-state index in [1.165, 1.54) is 0 Å². The lowest BCUT2D eigenvalue weighted by Gasteiger charge is -1.95. The Labute approximate surface area is 97.8 Å². The second-order valence-electron chi connectivity index (χ2n) is 4.09. The van der Waals surface area contributed by atoms with Crippen LogP contribution >= 0.6 is 0 Å². The van der Waals surface area contributed by atoms with Crippen LogP contribution in [0.3, 0.4) is 0 Å². The summed E-state index contributed by atoms with van der Waals surface area (Å²) < 4.78 is 5.59. The van der Waals surface area contributed by atoms with Crippen LogP contribution in [0.1, 0.15) is 5.76 Å². The average Bonchev–Trinajstić information content (AvgIpc) is 2.65. The molecule has 0 aliphatic heterocycles. The number of nitrogens with two attached hydrogens (primary N) is 1. The molecule has 3 nitrogen and oxygen atoms in total. The lowest BCUT2D eigenvalue weighted by molar-refractivity contribution is -0.117. The number of amides is 1. The van der Waals surface area contributed by atoms with Crippen molar-refractivity contribution in [3.05, 3.63) is 48.2 Å². The SMILES string of the molecule is NC(=O)Cc1cc2cc3ccccc3cc2o1. The molecule has 0 atom stereocenters. The van der Waals surface area contributed by atoms with Crippen LogP contribution in [-0.2, 0) is 11.2 Å². The number of fused-ring (bicyclic) bond motifs is 2. The van der Waals surface area contributed by atoms with Crippen molar-refractivity contribution in [1.29, 1.82) is 0 Å². The first kappa shape index (κ1) is 9.90. The van der Waals surface area contributed by atoms with Crippen molar-refractivity contribution in [2.45, 2.75) is 6.42 Å². The highest BCUT2D eigenvalue weighted by Crippen LogP contribution is 2.25. The molecule has 0 aliphatic rings. The molecular formula is C14H11NO2. The second-order valence-corrected chi connectivity index (χ2v) is 4.09. The number of benzene rings is 2. The van der Waals surface area contributed by atoms with Gasteiger partial charge in [-0.2, -0.15) is 0 Å². The molecule has 1 amide bonds. The van der Waals surface area contributed by atoms with Crippen LogP contribution < -0.4 is 5.73 Å². The molecule has 0 aliphatic carbocycles. The largest absolute Gasteiger partial charge is 0.461 e. The summed E-state index contributed by atoms with van der Waals surface area (Å²) in [6.07, 6.45) is 0.144. The fourth-order valence-corrected chi connectivity index (χ4v) is 2.04. The number of carbonyl (C=O) groups excluding carboxylic acids is 1. The molecule has 0 saturated carbocycles. The van der Waals surface area contributed by atoms with Crippen molar-refractivity contribution in [3.63, 3.8) is 0 Å². The van der Waals surface area contributed by atoms with Gasteiger partial charge in [-0.05, 0) is 29.0 Å². The van der Waals surface area contributed by atoms with Gasteiger partial charge in [0.05, 0.1) is 6.42 Å². The first-order chi connectivity index (χ1) is 8.22. The zero-order valence-corrected chi connectivity index (χ0v) is 9.14. The van der Waals surface area contributed by atoms with E-state index in [1.807, 2.05) is 30.3 Å². The average molecular weight is 225 g/mol.